The topological polar surface area (TPSA) is 113 Å². The number of rotatable bonds is 5. The summed E-state index contributed by atoms with van der Waals surface area (Å²) in [6.45, 7) is 4.06. The number of carbonyl (C=O) groups is 3. The molecule has 1 saturated heterocycles. The Morgan fingerprint density at radius 2 is 1.73 bits per heavy atom. The molecule has 2 N–H and O–H groups in total. The zero-order chi connectivity index (χ0) is 21.3. The molecule has 2 aromatic rings. The van der Waals surface area contributed by atoms with Crippen LogP contribution in [0.15, 0.2) is 30.3 Å². The maximum Gasteiger partial charge on any atom is 0.338 e. The van der Waals surface area contributed by atoms with Crippen LogP contribution in [0.2, 0.25) is 0 Å². The van der Waals surface area contributed by atoms with Crippen molar-refractivity contribution in [3.05, 3.63) is 58.1 Å². The van der Waals surface area contributed by atoms with Crippen LogP contribution in [0, 0.1) is 0 Å². The SMILES string of the molecule is O=C(OCCCN1CCOCC1)c1cc(O)c2c(c1)C(=O)c1cccc(O)c1C2=O. The average molecular weight is 411 g/mol. The zero-order valence-corrected chi connectivity index (χ0v) is 16.2. The number of nitrogens with zero attached hydrogens (tertiary/aromatic N) is 1. The molecule has 0 saturated carbocycles. The molecule has 4 rings (SSSR count). The van der Waals surface area contributed by atoms with Crippen molar-refractivity contribution in [3.8, 4) is 11.5 Å². The number of ether oxygens (including phenoxy) is 2. The van der Waals surface area contributed by atoms with Gasteiger partial charge in [0.1, 0.15) is 11.5 Å². The number of benzene rings is 2. The first-order valence-corrected chi connectivity index (χ1v) is 9.73. The summed E-state index contributed by atoms with van der Waals surface area (Å²) in [4.78, 5) is 40.2. The molecule has 2 aromatic carbocycles. The van der Waals surface area contributed by atoms with E-state index < -0.39 is 23.3 Å². The molecule has 30 heavy (non-hydrogen) atoms. The lowest BCUT2D eigenvalue weighted by Crippen LogP contribution is -2.37. The number of fused-ring (bicyclic) bond motifs is 2. The molecule has 0 amide bonds. The molecule has 2 aliphatic rings. The summed E-state index contributed by atoms with van der Waals surface area (Å²) in [6, 6.07) is 6.54. The highest BCUT2D eigenvalue weighted by atomic mass is 16.5. The Bertz CT molecular complexity index is 1020. The van der Waals surface area contributed by atoms with Gasteiger partial charge < -0.3 is 19.7 Å². The lowest BCUT2D eigenvalue weighted by atomic mass is 9.82. The fraction of sp³-hybridized carbons (Fsp3) is 0.318. The van der Waals surface area contributed by atoms with Crippen LogP contribution in [-0.2, 0) is 9.47 Å². The minimum atomic E-state index is -0.683. The Morgan fingerprint density at radius 1 is 1.00 bits per heavy atom. The normalized spacial score (nSPS) is 16.1. The van der Waals surface area contributed by atoms with Gasteiger partial charge in [0, 0.05) is 30.8 Å². The summed E-state index contributed by atoms with van der Waals surface area (Å²) < 4.78 is 10.6. The van der Waals surface area contributed by atoms with Gasteiger partial charge in [-0.25, -0.2) is 4.79 Å². The molecule has 1 aliphatic heterocycles. The third kappa shape index (κ3) is 3.67. The van der Waals surface area contributed by atoms with E-state index in [9.17, 15) is 24.6 Å². The number of phenols is 2. The third-order valence-electron chi connectivity index (χ3n) is 5.29. The highest BCUT2D eigenvalue weighted by Crippen LogP contribution is 2.37. The van der Waals surface area contributed by atoms with Crippen LogP contribution >= 0.6 is 0 Å². The van der Waals surface area contributed by atoms with Gasteiger partial charge in [-0.15, -0.1) is 0 Å². The summed E-state index contributed by atoms with van der Waals surface area (Å²) in [6.07, 6.45) is 0.646. The van der Waals surface area contributed by atoms with Crippen LogP contribution in [0.3, 0.4) is 0 Å². The molecule has 1 heterocycles. The summed E-state index contributed by atoms with van der Waals surface area (Å²) in [5.74, 6) is -2.73. The van der Waals surface area contributed by atoms with Crippen molar-refractivity contribution >= 4 is 17.5 Å². The van der Waals surface area contributed by atoms with Gasteiger partial charge in [0.2, 0.25) is 5.78 Å². The fourth-order valence-corrected chi connectivity index (χ4v) is 3.76. The first kappa shape index (κ1) is 20.1. The van der Waals surface area contributed by atoms with Gasteiger partial charge in [0.05, 0.1) is 36.5 Å². The lowest BCUT2D eigenvalue weighted by molar-refractivity contribution is 0.0298. The molecule has 0 atom stereocenters. The molecule has 1 fully saturated rings. The van der Waals surface area contributed by atoms with Crippen molar-refractivity contribution in [2.75, 3.05) is 39.5 Å². The summed E-state index contributed by atoms with van der Waals surface area (Å²) in [7, 11) is 0. The van der Waals surface area contributed by atoms with Crippen LogP contribution in [0.4, 0.5) is 0 Å². The van der Waals surface area contributed by atoms with Gasteiger partial charge in [0.25, 0.3) is 0 Å². The van der Waals surface area contributed by atoms with E-state index in [1.807, 2.05) is 0 Å². The minimum absolute atomic E-state index is 0.0117. The molecule has 0 spiro atoms. The van der Waals surface area contributed by atoms with E-state index in [0.717, 1.165) is 25.7 Å². The van der Waals surface area contributed by atoms with E-state index >= 15 is 0 Å². The number of aromatic hydroxyl groups is 2. The number of hydrogen-bond donors (Lipinski definition) is 2. The van der Waals surface area contributed by atoms with Crippen LogP contribution in [0.5, 0.6) is 11.5 Å². The van der Waals surface area contributed by atoms with Gasteiger partial charge >= 0.3 is 5.97 Å². The number of hydrogen-bond acceptors (Lipinski definition) is 8. The maximum absolute atomic E-state index is 12.8. The van der Waals surface area contributed by atoms with Gasteiger partial charge in [-0.2, -0.15) is 0 Å². The molecule has 0 aromatic heterocycles. The van der Waals surface area contributed by atoms with Crippen LogP contribution in [0.1, 0.15) is 48.6 Å². The standard InChI is InChI=1S/C22H21NO7/c24-16-4-1-3-14-18(16)21(27)19-15(20(14)26)11-13(12-17(19)25)22(28)30-8-2-5-23-6-9-29-10-7-23/h1,3-4,11-12,24-25H,2,5-10H2. The Morgan fingerprint density at radius 3 is 2.50 bits per heavy atom. The van der Waals surface area contributed by atoms with E-state index in [1.54, 1.807) is 0 Å². The summed E-state index contributed by atoms with van der Waals surface area (Å²) in [5.41, 5.74) is -0.440. The molecule has 0 unspecified atom stereocenters. The van der Waals surface area contributed by atoms with Crippen molar-refractivity contribution in [1.29, 1.82) is 0 Å². The van der Waals surface area contributed by atoms with Gasteiger partial charge in [-0.1, -0.05) is 12.1 Å². The number of ketones is 2. The van der Waals surface area contributed by atoms with E-state index in [0.29, 0.717) is 19.6 Å². The van der Waals surface area contributed by atoms with Crippen molar-refractivity contribution in [2.24, 2.45) is 0 Å². The Balaban J connectivity index is 1.49. The van der Waals surface area contributed by atoms with Crippen LogP contribution in [0.25, 0.3) is 0 Å². The monoisotopic (exact) mass is 411 g/mol. The second kappa shape index (κ2) is 8.25. The Hall–Kier alpha value is -3.23. The van der Waals surface area contributed by atoms with E-state index in [-0.39, 0.29) is 40.2 Å². The van der Waals surface area contributed by atoms with Gasteiger partial charge in [-0.05, 0) is 24.6 Å². The quantitative estimate of drug-likeness (QED) is 0.482. The largest absolute Gasteiger partial charge is 0.507 e. The first-order valence-electron chi connectivity index (χ1n) is 9.73. The van der Waals surface area contributed by atoms with E-state index in [2.05, 4.69) is 4.90 Å². The minimum Gasteiger partial charge on any atom is -0.507 e. The third-order valence-corrected chi connectivity index (χ3v) is 5.29. The summed E-state index contributed by atoms with van der Waals surface area (Å²) >= 11 is 0. The molecule has 8 heteroatoms. The van der Waals surface area contributed by atoms with Gasteiger partial charge in [-0.3, -0.25) is 14.5 Å². The average Bonchev–Trinajstić information content (AvgIpc) is 2.75. The van der Waals surface area contributed by atoms with E-state index in [4.69, 9.17) is 9.47 Å². The second-order valence-corrected chi connectivity index (χ2v) is 7.22. The highest BCUT2D eigenvalue weighted by molar-refractivity contribution is 6.30. The summed E-state index contributed by atoms with van der Waals surface area (Å²) in [5, 5.41) is 20.3. The molecular formula is C22H21NO7. The van der Waals surface area contributed by atoms with Gasteiger partial charge in [0.15, 0.2) is 5.78 Å². The number of carbonyl (C=O) groups excluding carboxylic acids is 3. The second-order valence-electron chi connectivity index (χ2n) is 7.22. The highest BCUT2D eigenvalue weighted by Gasteiger charge is 2.35. The number of phenolic OH excluding ortho intramolecular Hbond substituents is 2. The van der Waals surface area contributed by atoms with Crippen molar-refractivity contribution in [1.82, 2.24) is 4.90 Å². The first-order chi connectivity index (χ1) is 14.5. The molecule has 0 bridgehead atoms. The molecular weight excluding hydrogens is 390 g/mol. The van der Waals surface area contributed by atoms with Crippen LogP contribution in [-0.4, -0.2) is 72.1 Å². The predicted octanol–water partition coefficient (Wildman–Crippen LogP) is 1.75. The molecule has 0 radical (unpaired) electrons. The predicted molar refractivity (Wildman–Crippen MR) is 105 cm³/mol. The Kier molecular flexibility index (Phi) is 5.52. The number of morpholine rings is 1. The lowest BCUT2D eigenvalue weighted by Gasteiger charge is -2.26. The molecule has 156 valence electrons. The van der Waals surface area contributed by atoms with Crippen LogP contribution < -0.4 is 0 Å². The smallest absolute Gasteiger partial charge is 0.338 e. The zero-order valence-electron chi connectivity index (χ0n) is 16.2. The molecule has 8 nitrogen and oxygen atoms in total. The van der Waals surface area contributed by atoms with Crippen molar-refractivity contribution < 1.29 is 34.1 Å². The van der Waals surface area contributed by atoms with E-state index in [1.165, 1.54) is 24.3 Å². The number of esters is 1. The van der Waals surface area contributed by atoms with Crippen molar-refractivity contribution in [2.45, 2.75) is 6.42 Å². The molecule has 1 aliphatic carbocycles. The van der Waals surface area contributed by atoms with Crippen molar-refractivity contribution in [3.63, 3.8) is 0 Å². The Labute approximate surface area is 172 Å². The maximum atomic E-state index is 12.8. The fourth-order valence-electron chi connectivity index (χ4n) is 3.76.